The predicted octanol–water partition coefficient (Wildman–Crippen LogP) is 3.06. The minimum atomic E-state index is 0.511. The van der Waals surface area contributed by atoms with Crippen molar-refractivity contribution in [3.05, 3.63) is 53.6 Å². The molecule has 0 bridgehead atoms. The number of benzene rings is 1. The van der Waals surface area contributed by atoms with Crippen LogP contribution in [0.25, 0.3) is 0 Å². The maximum atomic E-state index is 4.26. The Balaban J connectivity index is 2.15. The van der Waals surface area contributed by atoms with Crippen molar-refractivity contribution in [1.29, 1.82) is 0 Å². The molecule has 1 atom stereocenters. The zero-order valence-corrected chi connectivity index (χ0v) is 9.20. The van der Waals surface area contributed by atoms with Crippen molar-refractivity contribution in [2.75, 3.05) is 0 Å². The van der Waals surface area contributed by atoms with Crippen LogP contribution in [-0.2, 0) is 6.42 Å². The molecular formula is C13H16N2. The molecule has 0 aliphatic rings. The molecule has 0 aliphatic heterocycles. The monoisotopic (exact) mass is 200 g/mol. The molecule has 2 heteroatoms. The van der Waals surface area contributed by atoms with Gasteiger partial charge in [0.25, 0.3) is 0 Å². The largest absolute Gasteiger partial charge is 0.349 e. The Morgan fingerprint density at radius 1 is 1.33 bits per heavy atom. The van der Waals surface area contributed by atoms with E-state index in [1.807, 2.05) is 6.20 Å². The van der Waals surface area contributed by atoms with E-state index in [9.17, 15) is 0 Å². The van der Waals surface area contributed by atoms with E-state index in [4.69, 9.17) is 0 Å². The Morgan fingerprint density at radius 3 is 2.80 bits per heavy atom. The molecule has 0 amide bonds. The van der Waals surface area contributed by atoms with Gasteiger partial charge in [0, 0.05) is 18.8 Å². The van der Waals surface area contributed by atoms with Gasteiger partial charge in [-0.15, -0.1) is 0 Å². The highest BCUT2D eigenvalue weighted by Gasteiger charge is 2.09. The molecule has 2 aromatic rings. The van der Waals surface area contributed by atoms with Gasteiger partial charge >= 0.3 is 0 Å². The molecule has 2 rings (SSSR count). The number of aromatic nitrogens is 2. The number of hydrogen-bond acceptors (Lipinski definition) is 1. The summed E-state index contributed by atoms with van der Waals surface area (Å²) in [6.45, 7) is 4.40. The average molecular weight is 200 g/mol. The molecule has 1 aromatic carbocycles. The van der Waals surface area contributed by atoms with Crippen LogP contribution in [0.1, 0.15) is 29.8 Å². The molecule has 15 heavy (non-hydrogen) atoms. The zero-order chi connectivity index (χ0) is 10.7. The first-order valence-electron chi connectivity index (χ1n) is 5.31. The summed E-state index contributed by atoms with van der Waals surface area (Å²) in [5, 5.41) is 0. The Bertz CT molecular complexity index is 418. The van der Waals surface area contributed by atoms with Gasteiger partial charge in [0.05, 0.1) is 0 Å². The second kappa shape index (κ2) is 4.30. The summed E-state index contributed by atoms with van der Waals surface area (Å²) in [5.41, 5.74) is 2.77. The third-order valence-corrected chi connectivity index (χ3v) is 2.77. The molecule has 0 saturated heterocycles. The Labute approximate surface area is 90.4 Å². The van der Waals surface area contributed by atoms with E-state index in [1.54, 1.807) is 6.20 Å². The van der Waals surface area contributed by atoms with Crippen LogP contribution in [0.5, 0.6) is 0 Å². The summed E-state index contributed by atoms with van der Waals surface area (Å²) in [6.07, 6.45) is 4.65. The standard InChI is InChI=1S/C13H16N2/c1-10-5-3-4-6-12(10)11(2)9-13-14-7-8-15-13/h3-8,11H,9H2,1-2H3,(H,14,15). The van der Waals surface area contributed by atoms with Gasteiger partial charge in [-0.2, -0.15) is 0 Å². The fourth-order valence-electron chi connectivity index (χ4n) is 1.95. The van der Waals surface area contributed by atoms with Crippen molar-refractivity contribution in [2.24, 2.45) is 0 Å². The molecule has 1 heterocycles. The molecule has 0 spiro atoms. The van der Waals surface area contributed by atoms with Crippen molar-refractivity contribution >= 4 is 0 Å². The second-order valence-electron chi connectivity index (χ2n) is 4.00. The maximum Gasteiger partial charge on any atom is 0.106 e. The first kappa shape index (κ1) is 9.97. The van der Waals surface area contributed by atoms with Crippen LogP contribution in [-0.4, -0.2) is 9.97 Å². The number of aromatic amines is 1. The Kier molecular flexibility index (Phi) is 2.86. The van der Waals surface area contributed by atoms with E-state index >= 15 is 0 Å². The number of nitrogens with one attached hydrogen (secondary N) is 1. The van der Waals surface area contributed by atoms with Gasteiger partial charge in [-0.3, -0.25) is 0 Å². The van der Waals surface area contributed by atoms with E-state index in [0.717, 1.165) is 12.2 Å². The predicted molar refractivity (Wildman–Crippen MR) is 61.9 cm³/mol. The van der Waals surface area contributed by atoms with Crippen LogP contribution < -0.4 is 0 Å². The number of nitrogens with zero attached hydrogens (tertiary/aromatic N) is 1. The first-order chi connectivity index (χ1) is 7.27. The average Bonchev–Trinajstić information content (AvgIpc) is 2.71. The minimum absolute atomic E-state index is 0.511. The smallest absolute Gasteiger partial charge is 0.106 e. The highest BCUT2D eigenvalue weighted by molar-refractivity contribution is 5.29. The van der Waals surface area contributed by atoms with E-state index in [0.29, 0.717) is 5.92 Å². The van der Waals surface area contributed by atoms with Gasteiger partial charge < -0.3 is 4.98 Å². The van der Waals surface area contributed by atoms with Crippen molar-refractivity contribution < 1.29 is 0 Å². The highest BCUT2D eigenvalue weighted by atomic mass is 14.9. The van der Waals surface area contributed by atoms with E-state index in [-0.39, 0.29) is 0 Å². The van der Waals surface area contributed by atoms with Crippen molar-refractivity contribution in [3.63, 3.8) is 0 Å². The molecular weight excluding hydrogens is 184 g/mol. The third kappa shape index (κ3) is 2.27. The van der Waals surface area contributed by atoms with Crippen LogP contribution in [0, 0.1) is 6.92 Å². The van der Waals surface area contributed by atoms with Crippen molar-refractivity contribution in [1.82, 2.24) is 9.97 Å². The molecule has 1 aromatic heterocycles. The highest BCUT2D eigenvalue weighted by Crippen LogP contribution is 2.21. The topological polar surface area (TPSA) is 28.7 Å². The van der Waals surface area contributed by atoms with E-state index in [2.05, 4.69) is 48.1 Å². The molecule has 0 radical (unpaired) electrons. The first-order valence-corrected chi connectivity index (χ1v) is 5.31. The minimum Gasteiger partial charge on any atom is -0.349 e. The zero-order valence-electron chi connectivity index (χ0n) is 9.20. The van der Waals surface area contributed by atoms with E-state index in [1.165, 1.54) is 11.1 Å². The van der Waals surface area contributed by atoms with Crippen LogP contribution in [0.15, 0.2) is 36.7 Å². The summed E-state index contributed by atoms with van der Waals surface area (Å²) in [4.78, 5) is 7.40. The summed E-state index contributed by atoms with van der Waals surface area (Å²) in [5.74, 6) is 1.57. The quantitative estimate of drug-likeness (QED) is 0.810. The maximum absolute atomic E-state index is 4.26. The molecule has 1 unspecified atom stereocenters. The molecule has 0 aliphatic carbocycles. The summed E-state index contributed by atoms with van der Waals surface area (Å²) in [7, 11) is 0. The van der Waals surface area contributed by atoms with Gasteiger partial charge in [0.15, 0.2) is 0 Å². The summed E-state index contributed by atoms with van der Waals surface area (Å²) >= 11 is 0. The number of imidazole rings is 1. The lowest BCUT2D eigenvalue weighted by Gasteiger charge is -2.12. The Hall–Kier alpha value is -1.57. The summed E-state index contributed by atoms with van der Waals surface area (Å²) < 4.78 is 0. The number of hydrogen-bond donors (Lipinski definition) is 1. The summed E-state index contributed by atoms with van der Waals surface area (Å²) in [6, 6.07) is 8.54. The normalized spacial score (nSPS) is 12.7. The van der Waals surface area contributed by atoms with Gasteiger partial charge in [-0.1, -0.05) is 31.2 Å². The number of H-pyrrole nitrogens is 1. The number of rotatable bonds is 3. The van der Waals surface area contributed by atoms with Crippen molar-refractivity contribution in [2.45, 2.75) is 26.2 Å². The Morgan fingerprint density at radius 2 is 2.13 bits per heavy atom. The van der Waals surface area contributed by atoms with Crippen molar-refractivity contribution in [3.8, 4) is 0 Å². The van der Waals surface area contributed by atoms with E-state index < -0.39 is 0 Å². The molecule has 0 fully saturated rings. The SMILES string of the molecule is Cc1ccccc1C(C)Cc1ncc[nH]1. The lowest BCUT2D eigenvalue weighted by atomic mass is 9.94. The molecule has 2 nitrogen and oxygen atoms in total. The van der Waals surface area contributed by atoms with Gasteiger partial charge in [0.2, 0.25) is 0 Å². The molecule has 78 valence electrons. The lowest BCUT2D eigenvalue weighted by Crippen LogP contribution is -2.01. The van der Waals surface area contributed by atoms with Crippen LogP contribution in [0.3, 0.4) is 0 Å². The fourth-order valence-corrected chi connectivity index (χ4v) is 1.95. The number of aryl methyl sites for hydroxylation is 1. The van der Waals surface area contributed by atoms with Crippen LogP contribution in [0.4, 0.5) is 0 Å². The fraction of sp³-hybridized carbons (Fsp3) is 0.308. The third-order valence-electron chi connectivity index (χ3n) is 2.77. The van der Waals surface area contributed by atoms with Crippen LogP contribution in [0.2, 0.25) is 0 Å². The second-order valence-corrected chi connectivity index (χ2v) is 4.00. The van der Waals surface area contributed by atoms with Gasteiger partial charge in [-0.25, -0.2) is 4.98 Å². The molecule has 1 N–H and O–H groups in total. The van der Waals surface area contributed by atoms with Gasteiger partial charge in [0.1, 0.15) is 5.82 Å². The van der Waals surface area contributed by atoms with Gasteiger partial charge in [-0.05, 0) is 24.0 Å². The molecule has 0 saturated carbocycles. The van der Waals surface area contributed by atoms with Crippen LogP contribution >= 0.6 is 0 Å². The lowest BCUT2D eigenvalue weighted by molar-refractivity contribution is 0.722.